The van der Waals surface area contributed by atoms with Crippen LogP contribution in [0.1, 0.15) is 6.92 Å². The largest absolute Gasteiger partial charge is 0.494 e. The van der Waals surface area contributed by atoms with Crippen LogP contribution in [-0.4, -0.2) is 35.1 Å². The van der Waals surface area contributed by atoms with Crippen molar-refractivity contribution in [2.75, 3.05) is 23.6 Å². The first kappa shape index (κ1) is 14.6. The predicted molar refractivity (Wildman–Crippen MR) is 77.1 cm³/mol. The molecular weight excluding hydrogens is 282 g/mol. The summed E-state index contributed by atoms with van der Waals surface area (Å²) in [6.45, 7) is 2.22. The Balaban J connectivity index is 2.17. The van der Waals surface area contributed by atoms with Crippen LogP contribution in [-0.2, 0) is 4.79 Å². The highest BCUT2D eigenvalue weighted by molar-refractivity contribution is 7.99. The van der Waals surface area contributed by atoms with Gasteiger partial charge in [0.25, 0.3) is 5.69 Å². The van der Waals surface area contributed by atoms with E-state index in [0.29, 0.717) is 24.0 Å². The average Bonchev–Trinajstić information content (AvgIpc) is 2.94. The number of hydrogen-bond acceptors (Lipinski definition) is 6. The van der Waals surface area contributed by atoms with Gasteiger partial charge >= 0.3 is 0 Å². The first-order chi connectivity index (χ1) is 9.61. The van der Waals surface area contributed by atoms with E-state index in [9.17, 15) is 14.9 Å². The fraction of sp³-hybridized carbons (Fsp3) is 0.417. The summed E-state index contributed by atoms with van der Waals surface area (Å²) in [5.41, 5.74) is 0.0112. The van der Waals surface area contributed by atoms with Gasteiger partial charge in [-0.25, -0.2) is 0 Å². The van der Waals surface area contributed by atoms with E-state index in [1.165, 1.54) is 12.1 Å². The van der Waals surface area contributed by atoms with E-state index in [2.05, 4.69) is 10.6 Å². The lowest BCUT2D eigenvalue weighted by molar-refractivity contribution is -0.384. The second kappa shape index (κ2) is 6.58. The third-order valence-electron chi connectivity index (χ3n) is 2.77. The molecule has 7 nitrogen and oxygen atoms in total. The number of rotatable bonds is 5. The Hall–Kier alpha value is -1.80. The number of nitrogens with one attached hydrogen (secondary N) is 2. The summed E-state index contributed by atoms with van der Waals surface area (Å²) in [5, 5.41) is 16.7. The summed E-state index contributed by atoms with van der Waals surface area (Å²) in [5.74, 6) is 1.52. The van der Waals surface area contributed by atoms with E-state index in [4.69, 9.17) is 4.74 Å². The molecule has 1 aliphatic heterocycles. The molecule has 0 aliphatic carbocycles. The van der Waals surface area contributed by atoms with Gasteiger partial charge in [-0.2, -0.15) is 0 Å². The molecular formula is C12H15N3O4S. The Morgan fingerprint density at radius 1 is 1.65 bits per heavy atom. The van der Waals surface area contributed by atoms with Gasteiger partial charge in [0, 0.05) is 11.6 Å². The summed E-state index contributed by atoms with van der Waals surface area (Å²) in [7, 11) is 0. The SMILES string of the molecule is CCOc1ccc(NC(=O)C2CSCN2)c([N+](=O)[O-])c1. The molecule has 0 aromatic heterocycles. The fourth-order valence-corrected chi connectivity index (χ4v) is 2.75. The van der Waals surface area contributed by atoms with E-state index in [-0.39, 0.29) is 23.3 Å². The van der Waals surface area contributed by atoms with Gasteiger partial charge in [-0.05, 0) is 19.1 Å². The second-order valence-corrected chi connectivity index (χ2v) is 5.16. The lowest BCUT2D eigenvalue weighted by Crippen LogP contribution is -2.37. The zero-order chi connectivity index (χ0) is 14.5. The van der Waals surface area contributed by atoms with E-state index in [1.807, 2.05) is 0 Å². The molecule has 1 aromatic rings. The number of nitro benzene ring substituents is 1. The summed E-state index contributed by atoms with van der Waals surface area (Å²) < 4.78 is 5.22. The first-order valence-electron chi connectivity index (χ1n) is 6.15. The Labute approximate surface area is 120 Å². The minimum atomic E-state index is -0.533. The number of hydrogen-bond donors (Lipinski definition) is 2. The maximum atomic E-state index is 12.0. The molecule has 20 heavy (non-hydrogen) atoms. The molecule has 2 N–H and O–H groups in total. The molecule has 1 unspecified atom stereocenters. The van der Waals surface area contributed by atoms with Crippen molar-refractivity contribution in [3.05, 3.63) is 28.3 Å². The Bertz CT molecular complexity index is 517. The third kappa shape index (κ3) is 3.40. The van der Waals surface area contributed by atoms with Gasteiger partial charge in [0.05, 0.1) is 23.6 Å². The van der Waals surface area contributed by atoms with Crippen molar-refractivity contribution < 1.29 is 14.5 Å². The highest BCUT2D eigenvalue weighted by atomic mass is 32.2. The molecule has 0 bridgehead atoms. The van der Waals surface area contributed by atoms with Gasteiger partial charge in [-0.1, -0.05) is 0 Å². The molecule has 0 saturated carbocycles. The molecule has 1 aromatic carbocycles. The minimum absolute atomic E-state index is 0.171. The van der Waals surface area contributed by atoms with Crippen LogP contribution < -0.4 is 15.4 Å². The van der Waals surface area contributed by atoms with Crippen LogP contribution >= 0.6 is 11.8 Å². The summed E-state index contributed by atoms with van der Waals surface area (Å²) >= 11 is 1.61. The molecule has 1 saturated heterocycles. The van der Waals surface area contributed by atoms with E-state index in [1.54, 1.807) is 24.8 Å². The van der Waals surface area contributed by atoms with E-state index < -0.39 is 4.92 Å². The number of thioether (sulfide) groups is 1. The summed E-state index contributed by atoms with van der Waals surface area (Å²) in [6, 6.07) is 4.09. The van der Waals surface area contributed by atoms with Crippen molar-refractivity contribution in [3.8, 4) is 5.75 Å². The number of carbonyl (C=O) groups is 1. The smallest absolute Gasteiger partial charge is 0.296 e. The Morgan fingerprint density at radius 3 is 3.05 bits per heavy atom. The van der Waals surface area contributed by atoms with Crippen molar-refractivity contribution in [1.82, 2.24) is 5.32 Å². The van der Waals surface area contributed by atoms with Crippen molar-refractivity contribution in [1.29, 1.82) is 0 Å². The van der Waals surface area contributed by atoms with Crippen LogP contribution in [0, 0.1) is 10.1 Å². The normalized spacial score (nSPS) is 17.8. The van der Waals surface area contributed by atoms with Gasteiger partial charge in [-0.3, -0.25) is 20.2 Å². The molecule has 0 radical (unpaired) electrons. The van der Waals surface area contributed by atoms with Gasteiger partial charge in [0.2, 0.25) is 5.91 Å². The maximum absolute atomic E-state index is 12.0. The highest BCUT2D eigenvalue weighted by Gasteiger charge is 2.25. The standard InChI is InChI=1S/C12H15N3O4S/c1-2-19-8-3-4-9(11(5-8)15(17)18)14-12(16)10-6-20-7-13-10/h3-5,10,13H,2,6-7H2,1H3,(H,14,16). The zero-order valence-corrected chi connectivity index (χ0v) is 11.7. The molecule has 1 fully saturated rings. The highest BCUT2D eigenvalue weighted by Crippen LogP contribution is 2.29. The van der Waals surface area contributed by atoms with Gasteiger partial charge < -0.3 is 10.1 Å². The lowest BCUT2D eigenvalue weighted by Gasteiger charge is -2.11. The fourth-order valence-electron chi connectivity index (χ4n) is 1.81. The molecule has 108 valence electrons. The Morgan fingerprint density at radius 2 is 2.45 bits per heavy atom. The number of amides is 1. The van der Waals surface area contributed by atoms with Crippen LogP contribution in [0.25, 0.3) is 0 Å². The maximum Gasteiger partial charge on any atom is 0.296 e. The predicted octanol–water partition coefficient (Wildman–Crippen LogP) is 1.59. The third-order valence-corrected chi connectivity index (χ3v) is 3.71. The van der Waals surface area contributed by atoms with Crippen LogP contribution in [0.4, 0.5) is 11.4 Å². The second-order valence-electron chi connectivity index (χ2n) is 4.13. The molecule has 1 heterocycles. The molecule has 2 rings (SSSR count). The molecule has 1 aliphatic rings. The summed E-state index contributed by atoms with van der Waals surface area (Å²) in [6.07, 6.45) is 0. The van der Waals surface area contributed by atoms with Gasteiger partial charge in [-0.15, -0.1) is 11.8 Å². The monoisotopic (exact) mass is 297 g/mol. The molecule has 8 heteroatoms. The number of nitro groups is 1. The minimum Gasteiger partial charge on any atom is -0.494 e. The quantitative estimate of drug-likeness (QED) is 0.633. The van der Waals surface area contributed by atoms with Crippen molar-refractivity contribution in [3.63, 3.8) is 0 Å². The summed E-state index contributed by atoms with van der Waals surface area (Å²) in [4.78, 5) is 22.5. The molecule has 0 spiro atoms. The van der Waals surface area contributed by atoms with E-state index in [0.717, 1.165) is 0 Å². The van der Waals surface area contributed by atoms with Crippen LogP contribution in [0.5, 0.6) is 5.75 Å². The van der Waals surface area contributed by atoms with Crippen molar-refractivity contribution >= 4 is 29.0 Å². The van der Waals surface area contributed by atoms with Crippen LogP contribution in [0.3, 0.4) is 0 Å². The first-order valence-corrected chi connectivity index (χ1v) is 7.30. The van der Waals surface area contributed by atoms with Crippen molar-refractivity contribution in [2.24, 2.45) is 0 Å². The lowest BCUT2D eigenvalue weighted by atomic mass is 10.2. The molecule has 1 amide bonds. The number of carbonyl (C=O) groups excluding carboxylic acids is 1. The molecule has 1 atom stereocenters. The zero-order valence-electron chi connectivity index (χ0n) is 10.9. The number of benzene rings is 1. The van der Waals surface area contributed by atoms with Crippen molar-refractivity contribution in [2.45, 2.75) is 13.0 Å². The van der Waals surface area contributed by atoms with Crippen LogP contribution in [0.2, 0.25) is 0 Å². The Kier molecular flexibility index (Phi) is 4.80. The van der Waals surface area contributed by atoms with E-state index >= 15 is 0 Å². The number of ether oxygens (including phenoxy) is 1. The van der Waals surface area contributed by atoms with Gasteiger partial charge in [0.15, 0.2) is 0 Å². The average molecular weight is 297 g/mol. The van der Waals surface area contributed by atoms with Gasteiger partial charge in [0.1, 0.15) is 11.4 Å². The topological polar surface area (TPSA) is 93.5 Å². The number of anilines is 1. The van der Waals surface area contributed by atoms with Crippen LogP contribution in [0.15, 0.2) is 18.2 Å². The number of nitrogens with zero attached hydrogens (tertiary/aromatic N) is 1.